The Hall–Kier alpha value is -1.96. The highest BCUT2D eigenvalue weighted by molar-refractivity contribution is 7.90. The second kappa shape index (κ2) is 12.5. The number of methoxy groups -OCH3 is 1. The molecule has 1 aromatic carbocycles. The molecule has 0 saturated carbocycles. The van der Waals surface area contributed by atoms with Crippen LogP contribution in [-0.2, 0) is 16.3 Å². The number of rotatable bonds is 12. The molecule has 8 heteroatoms. The lowest BCUT2D eigenvalue weighted by Gasteiger charge is -2.17. The quantitative estimate of drug-likeness (QED) is 0.311. The van der Waals surface area contributed by atoms with Gasteiger partial charge in [0, 0.05) is 25.4 Å². The van der Waals surface area contributed by atoms with Gasteiger partial charge < -0.3 is 20.1 Å². The topological polar surface area (TPSA) is 89.0 Å². The smallest absolute Gasteiger partial charge is 0.191 e. The van der Waals surface area contributed by atoms with E-state index in [1.54, 1.807) is 7.11 Å². The Balaban J connectivity index is 2.56. The van der Waals surface area contributed by atoms with Crippen molar-refractivity contribution >= 4 is 15.8 Å². The van der Waals surface area contributed by atoms with Gasteiger partial charge in [0.15, 0.2) is 17.5 Å². The number of hydrogen-bond acceptors (Lipinski definition) is 5. The number of guanidine groups is 1. The SMILES string of the molecule is CCNC(=NCCCc1ccc(OC)c(OCC)c1)NC(C)CCS(C)(=O)=O. The first kappa shape index (κ1) is 24.1. The Morgan fingerprint density at radius 1 is 1.25 bits per heavy atom. The molecule has 1 aromatic rings. The minimum atomic E-state index is -2.95. The van der Waals surface area contributed by atoms with E-state index in [2.05, 4.69) is 15.6 Å². The molecule has 1 atom stereocenters. The van der Waals surface area contributed by atoms with E-state index in [1.807, 2.05) is 39.0 Å². The van der Waals surface area contributed by atoms with E-state index >= 15 is 0 Å². The van der Waals surface area contributed by atoms with Crippen molar-refractivity contribution < 1.29 is 17.9 Å². The summed E-state index contributed by atoms with van der Waals surface area (Å²) in [5.41, 5.74) is 1.18. The lowest BCUT2D eigenvalue weighted by molar-refractivity contribution is 0.310. The molecule has 7 nitrogen and oxygen atoms in total. The van der Waals surface area contributed by atoms with Crippen molar-refractivity contribution in [2.75, 3.05) is 38.8 Å². The number of benzene rings is 1. The second-order valence-corrected chi connectivity index (χ2v) is 9.01. The molecule has 0 aliphatic rings. The van der Waals surface area contributed by atoms with Gasteiger partial charge in [0.25, 0.3) is 0 Å². The predicted molar refractivity (Wildman–Crippen MR) is 115 cm³/mol. The normalized spacial score (nSPS) is 13.1. The second-order valence-electron chi connectivity index (χ2n) is 6.75. The van der Waals surface area contributed by atoms with E-state index in [0.717, 1.165) is 30.9 Å². The molecule has 28 heavy (non-hydrogen) atoms. The maximum atomic E-state index is 11.3. The van der Waals surface area contributed by atoms with Crippen LogP contribution in [0.25, 0.3) is 0 Å². The summed E-state index contributed by atoms with van der Waals surface area (Å²) in [6.07, 6.45) is 3.59. The zero-order valence-corrected chi connectivity index (χ0v) is 18.6. The van der Waals surface area contributed by atoms with Crippen molar-refractivity contribution in [3.63, 3.8) is 0 Å². The van der Waals surface area contributed by atoms with E-state index in [9.17, 15) is 8.42 Å². The third kappa shape index (κ3) is 9.82. The molecule has 0 aliphatic carbocycles. The van der Waals surface area contributed by atoms with E-state index in [0.29, 0.717) is 25.5 Å². The standard InChI is InChI=1S/C20H35N3O4S/c1-6-21-20(23-16(3)12-14-28(5,24)25)22-13-8-9-17-10-11-18(26-4)19(15-17)27-7-2/h10-11,15-16H,6-9,12-14H2,1-5H3,(H2,21,22,23). The maximum absolute atomic E-state index is 11.3. The van der Waals surface area contributed by atoms with E-state index in [1.165, 1.54) is 11.8 Å². The van der Waals surface area contributed by atoms with Crippen LogP contribution in [0.4, 0.5) is 0 Å². The Kier molecular flexibility index (Phi) is 10.7. The van der Waals surface area contributed by atoms with Crippen molar-refractivity contribution in [1.29, 1.82) is 0 Å². The average molecular weight is 414 g/mol. The molecule has 0 saturated heterocycles. The summed E-state index contributed by atoms with van der Waals surface area (Å²) < 4.78 is 33.5. The van der Waals surface area contributed by atoms with E-state index in [4.69, 9.17) is 9.47 Å². The molecule has 2 N–H and O–H groups in total. The minimum absolute atomic E-state index is 0.0304. The summed E-state index contributed by atoms with van der Waals surface area (Å²) in [4.78, 5) is 4.59. The Bertz CT molecular complexity index is 720. The molecule has 0 spiro atoms. The van der Waals surface area contributed by atoms with Crippen LogP contribution in [0, 0.1) is 0 Å². The number of ether oxygens (including phenoxy) is 2. The Labute approximate surface area is 169 Å². The van der Waals surface area contributed by atoms with E-state index in [-0.39, 0.29) is 11.8 Å². The average Bonchev–Trinajstić information content (AvgIpc) is 2.63. The van der Waals surface area contributed by atoms with Gasteiger partial charge in [-0.15, -0.1) is 0 Å². The summed E-state index contributed by atoms with van der Waals surface area (Å²) in [5, 5.41) is 6.47. The molecule has 0 aromatic heterocycles. The van der Waals surface area contributed by atoms with Gasteiger partial charge in [-0.2, -0.15) is 0 Å². The molecule has 0 heterocycles. The molecular weight excluding hydrogens is 378 g/mol. The van der Waals surface area contributed by atoms with Crippen molar-refractivity contribution in [2.45, 2.75) is 46.1 Å². The molecule has 1 rings (SSSR count). The van der Waals surface area contributed by atoms with Gasteiger partial charge >= 0.3 is 0 Å². The highest BCUT2D eigenvalue weighted by atomic mass is 32.2. The van der Waals surface area contributed by atoms with Crippen LogP contribution in [0.3, 0.4) is 0 Å². The van der Waals surface area contributed by atoms with Crippen LogP contribution < -0.4 is 20.1 Å². The molecule has 0 radical (unpaired) electrons. The van der Waals surface area contributed by atoms with Gasteiger partial charge in [0.1, 0.15) is 9.84 Å². The lowest BCUT2D eigenvalue weighted by Crippen LogP contribution is -2.42. The first-order valence-corrected chi connectivity index (χ1v) is 11.9. The van der Waals surface area contributed by atoms with Crippen molar-refractivity contribution in [3.8, 4) is 11.5 Å². The van der Waals surface area contributed by atoms with Crippen LogP contribution in [0.2, 0.25) is 0 Å². The van der Waals surface area contributed by atoms with Gasteiger partial charge in [0.2, 0.25) is 0 Å². The van der Waals surface area contributed by atoms with Crippen LogP contribution in [0.1, 0.15) is 39.2 Å². The van der Waals surface area contributed by atoms with E-state index < -0.39 is 9.84 Å². The number of hydrogen-bond donors (Lipinski definition) is 2. The number of nitrogens with one attached hydrogen (secondary N) is 2. The molecule has 0 fully saturated rings. The molecular formula is C20H35N3O4S. The van der Waals surface area contributed by atoms with Crippen LogP contribution >= 0.6 is 0 Å². The first-order chi connectivity index (χ1) is 13.3. The largest absolute Gasteiger partial charge is 0.493 e. The van der Waals surface area contributed by atoms with Crippen LogP contribution in [0.15, 0.2) is 23.2 Å². The fraction of sp³-hybridized carbons (Fsp3) is 0.650. The summed E-state index contributed by atoms with van der Waals surface area (Å²) >= 11 is 0. The van der Waals surface area contributed by atoms with Gasteiger partial charge in [-0.05, 0) is 57.7 Å². The summed E-state index contributed by atoms with van der Waals surface area (Å²) in [6, 6.07) is 6.02. The minimum Gasteiger partial charge on any atom is -0.493 e. The van der Waals surface area contributed by atoms with Gasteiger partial charge in [-0.1, -0.05) is 6.07 Å². The number of aryl methyl sites for hydroxylation is 1. The maximum Gasteiger partial charge on any atom is 0.191 e. The predicted octanol–water partition coefficient (Wildman–Crippen LogP) is 2.40. The zero-order chi connectivity index (χ0) is 21.0. The van der Waals surface area contributed by atoms with Gasteiger partial charge in [-0.25, -0.2) is 8.42 Å². The van der Waals surface area contributed by atoms with Crippen LogP contribution in [0.5, 0.6) is 11.5 Å². The molecule has 0 aliphatic heterocycles. The Morgan fingerprint density at radius 3 is 2.61 bits per heavy atom. The van der Waals surface area contributed by atoms with Crippen molar-refractivity contribution in [3.05, 3.63) is 23.8 Å². The summed E-state index contributed by atoms with van der Waals surface area (Å²) in [7, 11) is -1.31. The highest BCUT2D eigenvalue weighted by Crippen LogP contribution is 2.28. The first-order valence-electron chi connectivity index (χ1n) is 9.81. The lowest BCUT2D eigenvalue weighted by atomic mass is 10.1. The third-order valence-corrected chi connectivity index (χ3v) is 5.05. The summed E-state index contributed by atoms with van der Waals surface area (Å²) in [5.74, 6) is 2.39. The van der Waals surface area contributed by atoms with Crippen LogP contribution in [-0.4, -0.2) is 59.2 Å². The number of aliphatic imine (C=N–C) groups is 1. The summed E-state index contributed by atoms with van der Waals surface area (Å²) in [6.45, 7) is 7.94. The molecule has 1 unspecified atom stereocenters. The van der Waals surface area contributed by atoms with Gasteiger partial charge in [0.05, 0.1) is 19.5 Å². The zero-order valence-electron chi connectivity index (χ0n) is 17.7. The fourth-order valence-electron chi connectivity index (χ4n) is 2.64. The fourth-order valence-corrected chi connectivity index (χ4v) is 3.42. The number of nitrogens with zero attached hydrogens (tertiary/aromatic N) is 1. The Morgan fingerprint density at radius 2 is 2.00 bits per heavy atom. The third-order valence-electron chi connectivity index (χ3n) is 4.07. The highest BCUT2D eigenvalue weighted by Gasteiger charge is 2.09. The molecule has 0 amide bonds. The molecule has 160 valence electrons. The number of sulfone groups is 1. The van der Waals surface area contributed by atoms with Gasteiger partial charge in [-0.3, -0.25) is 4.99 Å². The monoisotopic (exact) mass is 413 g/mol. The van der Waals surface area contributed by atoms with Crippen molar-refractivity contribution in [2.24, 2.45) is 4.99 Å². The van der Waals surface area contributed by atoms with Crippen molar-refractivity contribution in [1.82, 2.24) is 10.6 Å². The molecule has 0 bridgehead atoms.